The lowest BCUT2D eigenvalue weighted by Crippen LogP contribution is -2.10. The summed E-state index contributed by atoms with van der Waals surface area (Å²) in [6.07, 6.45) is -1.84. The van der Waals surface area contributed by atoms with E-state index in [1.807, 2.05) is 43.5 Å². The highest BCUT2D eigenvalue weighted by Gasteiger charge is 2.30. The lowest BCUT2D eigenvalue weighted by atomic mass is 10.1. The summed E-state index contributed by atoms with van der Waals surface area (Å²) in [4.78, 5) is 11.8. The molecule has 4 rings (SSSR count). The summed E-state index contributed by atoms with van der Waals surface area (Å²) in [5.41, 5.74) is 2.58. The van der Waals surface area contributed by atoms with Gasteiger partial charge in [0.1, 0.15) is 5.75 Å². The number of alkyl halides is 3. The number of rotatable bonds is 8. The Morgan fingerprint density at radius 1 is 1.09 bits per heavy atom. The molecule has 0 saturated heterocycles. The smallest absolute Gasteiger partial charge is 0.416 e. The number of thioether (sulfide) groups is 1. The van der Waals surface area contributed by atoms with E-state index in [1.54, 1.807) is 22.5 Å². The van der Waals surface area contributed by atoms with Crippen molar-refractivity contribution >= 4 is 28.6 Å². The second-order valence-electron chi connectivity index (χ2n) is 7.56. The van der Waals surface area contributed by atoms with Gasteiger partial charge in [0.05, 0.1) is 16.8 Å². The maximum atomic E-state index is 12.9. The highest BCUT2D eigenvalue weighted by Crippen LogP contribution is 2.32. The third-order valence-electron chi connectivity index (χ3n) is 5.26. The Hall–Kier alpha value is -3.46. The predicted octanol–water partition coefficient (Wildman–Crippen LogP) is 6.36. The van der Waals surface area contributed by atoms with E-state index in [0.29, 0.717) is 23.6 Å². The van der Waals surface area contributed by atoms with Crippen molar-refractivity contribution in [3.8, 4) is 11.4 Å². The molecule has 0 aliphatic heterocycles. The van der Waals surface area contributed by atoms with Gasteiger partial charge in [-0.3, -0.25) is 0 Å². The van der Waals surface area contributed by atoms with Crippen LogP contribution in [0.1, 0.15) is 23.6 Å². The minimum Gasteiger partial charge on any atom is -0.482 e. The van der Waals surface area contributed by atoms with Crippen LogP contribution in [0.25, 0.3) is 16.6 Å². The molecule has 3 aromatic carbocycles. The molecule has 176 valence electrons. The van der Waals surface area contributed by atoms with Gasteiger partial charge in [-0.15, -0.1) is 11.8 Å². The van der Waals surface area contributed by atoms with Crippen LogP contribution in [0.5, 0.6) is 5.75 Å². The number of aryl methyl sites for hydroxylation is 1. The first kappa shape index (κ1) is 23.7. The molecule has 0 bridgehead atoms. The summed E-state index contributed by atoms with van der Waals surface area (Å²) in [6.45, 7) is 1.60. The minimum absolute atomic E-state index is 0.385. The normalized spacial score (nSPS) is 11.6. The summed E-state index contributed by atoms with van der Waals surface area (Å²) < 4.78 is 45.5. The molecule has 0 amide bonds. The monoisotopic (exact) mass is 486 g/mol. The SMILES string of the molecule is CCc1cc(SCc2cccc3nn(-c4ccc(C(F)(F)F)cc4)cc23)ccc1OCC(=O)O. The Balaban J connectivity index is 1.53. The maximum Gasteiger partial charge on any atom is 0.416 e. The van der Waals surface area contributed by atoms with Crippen LogP contribution < -0.4 is 4.74 Å². The van der Waals surface area contributed by atoms with Crippen molar-refractivity contribution in [2.45, 2.75) is 30.2 Å². The predicted molar refractivity (Wildman–Crippen MR) is 125 cm³/mol. The van der Waals surface area contributed by atoms with Crippen LogP contribution in [-0.4, -0.2) is 27.5 Å². The Morgan fingerprint density at radius 3 is 2.53 bits per heavy atom. The standard InChI is InChI=1S/C25H21F3N2O3S/c1-2-16-12-20(10-11-23(16)33-14-24(31)32)34-15-17-4-3-5-22-21(17)13-30(29-22)19-8-6-18(7-9-19)25(26,27)28/h3-13H,2,14-15H2,1H3,(H,31,32). The number of carboxylic acid groups (broad SMARTS) is 1. The van der Waals surface area contributed by atoms with Crippen LogP contribution >= 0.6 is 11.8 Å². The molecule has 0 fully saturated rings. The summed E-state index contributed by atoms with van der Waals surface area (Å²) in [5.74, 6) is 0.203. The first-order valence-electron chi connectivity index (χ1n) is 10.5. The fourth-order valence-corrected chi connectivity index (χ4v) is 4.49. The summed E-state index contributed by atoms with van der Waals surface area (Å²) in [6, 6.07) is 16.4. The van der Waals surface area contributed by atoms with Gasteiger partial charge in [-0.05, 0) is 66.1 Å². The van der Waals surface area contributed by atoms with Crippen molar-refractivity contribution in [1.82, 2.24) is 9.78 Å². The van der Waals surface area contributed by atoms with Crippen LogP contribution in [0.15, 0.2) is 71.8 Å². The first-order chi connectivity index (χ1) is 16.2. The zero-order valence-electron chi connectivity index (χ0n) is 18.2. The number of aliphatic carboxylic acids is 1. The molecule has 0 aliphatic rings. The summed E-state index contributed by atoms with van der Waals surface area (Å²) in [7, 11) is 0. The van der Waals surface area contributed by atoms with Crippen molar-refractivity contribution in [1.29, 1.82) is 0 Å². The molecule has 5 nitrogen and oxygen atoms in total. The number of fused-ring (bicyclic) bond motifs is 1. The van der Waals surface area contributed by atoms with E-state index < -0.39 is 17.7 Å². The molecule has 0 saturated carbocycles. The second-order valence-corrected chi connectivity index (χ2v) is 8.61. The zero-order chi connectivity index (χ0) is 24.3. The number of benzene rings is 3. The molecule has 0 spiro atoms. The Bertz CT molecular complexity index is 1320. The lowest BCUT2D eigenvalue weighted by molar-refractivity contribution is -0.139. The van der Waals surface area contributed by atoms with E-state index in [1.165, 1.54) is 12.1 Å². The van der Waals surface area contributed by atoms with E-state index in [0.717, 1.165) is 39.1 Å². The topological polar surface area (TPSA) is 64.4 Å². The molecule has 4 aromatic rings. The van der Waals surface area contributed by atoms with Gasteiger partial charge in [-0.2, -0.15) is 18.3 Å². The third-order valence-corrected chi connectivity index (χ3v) is 6.30. The van der Waals surface area contributed by atoms with Crippen LogP contribution in [0.4, 0.5) is 13.2 Å². The van der Waals surface area contributed by atoms with Gasteiger partial charge in [0.2, 0.25) is 0 Å². The second kappa shape index (κ2) is 9.80. The fourth-order valence-electron chi connectivity index (χ4n) is 3.53. The summed E-state index contributed by atoms with van der Waals surface area (Å²) >= 11 is 1.63. The minimum atomic E-state index is -4.38. The van der Waals surface area contributed by atoms with Crippen molar-refractivity contribution in [3.63, 3.8) is 0 Å². The molecule has 0 unspecified atom stereocenters. The number of nitrogens with zero attached hydrogens (tertiary/aromatic N) is 2. The molecule has 0 radical (unpaired) electrons. The highest BCUT2D eigenvalue weighted by molar-refractivity contribution is 7.98. The van der Waals surface area contributed by atoms with Gasteiger partial charge in [0, 0.05) is 22.2 Å². The van der Waals surface area contributed by atoms with E-state index >= 15 is 0 Å². The largest absolute Gasteiger partial charge is 0.482 e. The number of carbonyl (C=O) groups is 1. The molecule has 1 aromatic heterocycles. The quantitative estimate of drug-likeness (QED) is 0.294. The van der Waals surface area contributed by atoms with Gasteiger partial charge in [0.15, 0.2) is 6.61 Å². The van der Waals surface area contributed by atoms with E-state index in [4.69, 9.17) is 9.84 Å². The molecule has 9 heteroatoms. The van der Waals surface area contributed by atoms with Crippen molar-refractivity contribution < 1.29 is 27.8 Å². The lowest BCUT2D eigenvalue weighted by Gasteiger charge is -2.11. The van der Waals surface area contributed by atoms with Crippen LogP contribution in [0.3, 0.4) is 0 Å². The maximum absolute atomic E-state index is 12.9. The van der Waals surface area contributed by atoms with Gasteiger partial charge in [0.25, 0.3) is 0 Å². The number of carboxylic acids is 1. The Kier molecular flexibility index (Phi) is 6.83. The van der Waals surface area contributed by atoms with Crippen molar-refractivity contribution in [2.24, 2.45) is 0 Å². The molecule has 0 aliphatic carbocycles. The van der Waals surface area contributed by atoms with Gasteiger partial charge in [-0.1, -0.05) is 19.1 Å². The van der Waals surface area contributed by atoms with E-state index in [9.17, 15) is 18.0 Å². The highest BCUT2D eigenvalue weighted by atomic mass is 32.2. The number of aromatic nitrogens is 2. The molecule has 1 N–H and O–H groups in total. The first-order valence-corrected chi connectivity index (χ1v) is 11.5. The van der Waals surface area contributed by atoms with Gasteiger partial charge in [-0.25, -0.2) is 9.48 Å². The molecule has 0 atom stereocenters. The molecule has 1 heterocycles. The van der Waals surface area contributed by atoms with Crippen molar-refractivity contribution in [3.05, 3.63) is 83.6 Å². The zero-order valence-corrected chi connectivity index (χ0v) is 19.0. The van der Waals surface area contributed by atoms with Gasteiger partial charge >= 0.3 is 12.1 Å². The summed E-state index contributed by atoms with van der Waals surface area (Å²) in [5, 5.41) is 14.3. The third kappa shape index (κ3) is 5.36. The van der Waals surface area contributed by atoms with Crippen molar-refractivity contribution in [2.75, 3.05) is 6.61 Å². The molecular formula is C25H21F3N2O3S. The number of ether oxygens (including phenoxy) is 1. The average Bonchev–Trinajstić information content (AvgIpc) is 3.26. The molecular weight excluding hydrogens is 465 g/mol. The van der Waals surface area contributed by atoms with E-state index in [-0.39, 0.29) is 6.61 Å². The number of halogens is 3. The van der Waals surface area contributed by atoms with E-state index in [2.05, 4.69) is 5.10 Å². The number of hydrogen-bond acceptors (Lipinski definition) is 4. The van der Waals surface area contributed by atoms with Crippen LogP contribution in [-0.2, 0) is 23.1 Å². The Labute approximate surface area is 198 Å². The van der Waals surface area contributed by atoms with Crippen LogP contribution in [0, 0.1) is 0 Å². The average molecular weight is 487 g/mol. The fraction of sp³-hybridized carbons (Fsp3) is 0.200. The molecule has 34 heavy (non-hydrogen) atoms. The Morgan fingerprint density at radius 2 is 1.85 bits per heavy atom. The van der Waals surface area contributed by atoms with Crippen LogP contribution in [0.2, 0.25) is 0 Å². The number of hydrogen-bond donors (Lipinski definition) is 1. The van der Waals surface area contributed by atoms with Gasteiger partial charge < -0.3 is 9.84 Å².